The molecule has 1 amide bonds. The molecule has 1 N–H and O–H groups in total. The molecule has 0 radical (unpaired) electrons. The molecule has 3 nitrogen and oxygen atoms in total. The Hall–Kier alpha value is -1.64. The molecular formula is C12H11NO2. The van der Waals surface area contributed by atoms with Crippen LogP contribution >= 0.6 is 0 Å². The molecule has 0 atom stereocenters. The Morgan fingerprint density at radius 1 is 1.20 bits per heavy atom. The Bertz CT molecular complexity index is 461. The topological polar surface area (TPSA) is 46.2 Å². The fourth-order valence-corrected chi connectivity index (χ4v) is 2.16. The first kappa shape index (κ1) is 8.65. The fourth-order valence-electron chi connectivity index (χ4n) is 2.16. The third-order valence-electron chi connectivity index (χ3n) is 3.32. The van der Waals surface area contributed by atoms with Crippen molar-refractivity contribution in [2.24, 2.45) is 0 Å². The van der Waals surface area contributed by atoms with Crippen molar-refractivity contribution in [1.82, 2.24) is 0 Å². The molecule has 1 fully saturated rings. The third kappa shape index (κ3) is 1.19. The summed E-state index contributed by atoms with van der Waals surface area (Å²) in [5, 5.41) is 2.56. The van der Waals surface area contributed by atoms with E-state index in [1.54, 1.807) is 0 Å². The summed E-state index contributed by atoms with van der Waals surface area (Å²) in [6.45, 7) is 0. The Morgan fingerprint density at radius 3 is 2.67 bits per heavy atom. The van der Waals surface area contributed by atoms with E-state index in [2.05, 4.69) is 5.32 Å². The zero-order chi connectivity index (χ0) is 10.4. The molecule has 1 aromatic rings. The number of hydrogen-bond acceptors (Lipinski definition) is 2. The number of rotatable bonds is 1. The molecule has 76 valence electrons. The van der Waals surface area contributed by atoms with E-state index in [0.29, 0.717) is 17.2 Å². The second-order valence-electron chi connectivity index (χ2n) is 4.22. The number of Topliss-reactive ketones (excluding diaryl/α,β-unsaturated/α-hetero) is 1. The van der Waals surface area contributed by atoms with Gasteiger partial charge >= 0.3 is 0 Å². The number of benzene rings is 1. The lowest BCUT2D eigenvalue weighted by atomic mass is 9.79. The van der Waals surface area contributed by atoms with Crippen LogP contribution in [-0.2, 0) is 4.79 Å². The molecule has 0 saturated heterocycles. The highest BCUT2D eigenvalue weighted by Gasteiger charge is 2.29. The zero-order valence-corrected chi connectivity index (χ0v) is 8.25. The highest BCUT2D eigenvalue weighted by atomic mass is 16.2. The lowest BCUT2D eigenvalue weighted by Crippen LogP contribution is -2.12. The first-order chi connectivity index (χ1) is 7.25. The number of carbonyl (C=O) groups is 2. The van der Waals surface area contributed by atoms with Gasteiger partial charge in [0.2, 0.25) is 0 Å². The Kier molecular flexibility index (Phi) is 1.69. The zero-order valence-electron chi connectivity index (χ0n) is 8.25. The summed E-state index contributed by atoms with van der Waals surface area (Å²) in [6, 6.07) is 5.73. The second-order valence-corrected chi connectivity index (χ2v) is 4.22. The first-order valence-electron chi connectivity index (χ1n) is 5.25. The van der Waals surface area contributed by atoms with Crippen LogP contribution in [0.25, 0.3) is 0 Å². The molecule has 3 heteroatoms. The molecule has 0 spiro atoms. The van der Waals surface area contributed by atoms with Crippen LogP contribution in [0.2, 0.25) is 0 Å². The normalized spacial score (nSPS) is 19.7. The first-order valence-corrected chi connectivity index (χ1v) is 5.25. The van der Waals surface area contributed by atoms with E-state index >= 15 is 0 Å². The van der Waals surface area contributed by atoms with Crippen molar-refractivity contribution in [3.63, 3.8) is 0 Å². The van der Waals surface area contributed by atoms with Crippen molar-refractivity contribution >= 4 is 17.4 Å². The van der Waals surface area contributed by atoms with Gasteiger partial charge in [-0.1, -0.05) is 12.5 Å². The van der Waals surface area contributed by atoms with Gasteiger partial charge in [-0.05, 0) is 36.5 Å². The molecule has 1 heterocycles. The highest BCUT2D eigenvalue weighted by molar-refractivity contribution is 6.51. The summed E-state index contributed by atoms with van der Waals surface area (Å²) in [6.07, 6.45) is 3.68. The van der Waals surface area contributed by atoms with Gasteiger partial charge in [-0.2, -0.15) is 0 Å². The molecule has 2 aliphatic rings. The smallest absolute Gasteiger partial charge is 0.296 e. The van der Waals surface area contributed by atoms with Gasteiger partial charge in [-0.3, -0.25) is 9.59 Å². The summed E-state index contributed by atoms with van der Waals surface area (Å²) >= 11 is 0. The molecule has 0 unspecified atom stereocenters. The molecule has 1 aromatic carbocycles. The van der Waals surface area contributed by atoms with Gasteiger partial charge in [-0.15, -0.1) is 0 Å². The number of amides is 1. The average Bonchev–Trinajstić information content (AvgIpc) is 2.41. The van der Waals surface area contributed by atoms with E-state index < -0.39 is 11.7 Å². The van der Waals surface area contributed by atoms with E-state index in [9.17, 15) is 9.59 Å². The Balaban J connectivity index is 2.03. The van der Waals surface area contributed by atoms with Crippen molar-refractivity contribution in [3.05, 3.63) is 29.3 Å². The molecule has 1 aliphatic carbocycles. The maximum Gasteiger partial charge on any atom is 0.296 e. The summed E-state index contributed by atoms with van der Waals surface area (Å²) in [7, 11) is 0. The van der Waals surface area contributed by atoms with Gasteiger partial charge in [0.15, 0.2) is 0 Å². The molecule has 15 heavy (non-hydrogen) atoms. The minimum atomic E-state index is -0.504. The minimum Gasteiger partial charge on any atom is -0.318 e. The van der Waals surface area contributed by atoms with Crippen LogP contribution < -0.4 is 5.32 Å². The summed E-state index contributed by atoms with van der Waals surface area (Å²) in [5.41, 5.74) is 2.40. The molecular weight excluding hydrogens is 190 g/mol. The molecule has 1 aliphatic heterocycles. The molecule has 0 aromatic heterocycles. The summed E-state index contributed by atoms with van der Waals surface area (Å²) < 4.78 is 0. The van der Waals surface area contributed by atoms with Gasteiger partial charge in [0.1, 0.15) is 0 Å². The van der Waals surface area contributed by atoms with Crippen LogP contribution in [0.1, 0.15) is 41.1 Å². The Morgan fingerprint density at radius 2 is 2.00 bits per heavy atom. The molecule has 0 bridgehead atoms. The monoisotopic (exact) mass is 201 g/mol. The summed E-state index contributed by atoms with van der Waals surface area (Å²) in [5.74, 6) is -0.305. The maximum atomic E-state index is 11.5. The van der Waals surface area contributed by atoms with E-state index in [-0.39, 0.29) is 0 Å². The standard InChI is InChI=1S/C12H11NO2/c14-11-9-6-8(7-2-1-3-7)4-5-10(9)13-12(11)15/h4-7H,1-3H2,(H,13,14,15). The van der Waals surface area contributed by atoms with Gasteiger partial charge in [-0.25, -0.2) is 0 Å². The number of ketones is 1. The second kappa shape index (κ2) is 2.92. The molecule has 3 rings (SSSR count). The predicted molar refractivity (Wildman–Crippen MR) is 56.0 cm³/mol. The van der Waals surface area contributed by atoms with Gasteiger partial charge in [0, 0.05) is 0 Å². The van der Waals surface area contributed by atoms with Gasteiger partial charge in [0.25, 0.3) is 11.7 Å². The SMILES string of the molecule is O=C1Nc2ccc(C3CCC3)cc2C1=O. The minimum absolute atomic E-state index is 0.397. The lowest BCUT2D eigenvalue weighted by molar-refractivity contribution is -0.112. The number of fused-ring (bicyclic) bond motifs is 1. The Labute approximate surface area is 87.5 Å². The fraction of sp³-hybridized carbons (Fsp3) is 0.333. The largest absolute Gasteiger partial charge is 0.318 e. The van der Waals surface area contributed by atoms with Crippen molar-refractivity contribution in [3.8, 4) is 0 Å². The van der Waals surface area contributed by atoms with E-state index in [1.165, 1.54) is 24.8 Å². The molecule has 1 saturated carbocycles. The van der Waals surface area contributed by atoms with Gasteiger partial charge in [0.05, 0.1) is 11.3 Å². The number of anilines is 1. The van der Waals surface area contributed by atoms with Crippen LogP contribution in [0, 0.1) is 0 Å². The quantitative estimate of drug-likeness (QED) is 0.707. The van der Waals surface area contributed by atoms with Crippen LogP contribution in [-0.4, -0.2) is 11.7 Å². The van der Waals surface area contributed by atoms with Crippen molar-refractivity contribution in [2.45, 2.75) is 25.2 Å². The van der Waals surface area contributed by atoms with Crippen molar-refractivity contribution < 1.29 is 9.59 Å². The average molecular weight is 201 g/mol. The summed E-state index contributed by atoms with van der Waals surface area (Å²) in [4.78, 5) is 22.6. The maximum absolute atomic E-state index is 11.5. The van der Waals surface area contributed by atoms with E-state index in [0.717, 1.165) is 0 Å². The number of carbonyl (C=O) groups excluding carboxylic acids is 2. The number of hydrogen-bond donors (Lipinski definition) is 1. The van der Waals surface area contributed by atoms with Crippen molar-refractivity contribution in [2.75, 3.05) is 5.32 Å². The lowest BCUT2D eigenvalue weighted by Gasteiger charge is -2.25. The predicted octanol–water partition coefficient (Wildman–Crippen LogP) is 2.09. The van der Waals surface area contributed by atoms with Crippen LogP contribution in [0.15, 0.2) is 18.2 Å². The van der Waals surface area contributed by atoms with Gasteiger partial charge < -0.3 is 5.32 Å². The van der Waals surface area contributed by atoms with Crippen LogP contribution in [0.4, 0.5) is 5.69 Å². The number of nitrogens with one attached hydrogen (secondary N) is 1. The van der Waals surface area contributed by atoms with E-state index in [4.69, 9.17) is 0 Å². The van der Waals surface area contributed by atoms with E-state index in [1.807, 2.05) is 18.2 Å². The van der Waals surface area contributed by atoms with Crippen LogP contribution in [0.3, 0.4) is 0 Å². The highest BCUT2D eigenvalue weighted by Crippen LogP contribution is 2.38. The van der Waals surface area contributed by atoms with Crippen molar-refractivity contribution in [1.29, 1.82) is 0 Å². The van der Waals surface area contributed by atoms with Crippen LogP contribution in [0.5, 0.6) is 0 Å². The third-order valence-corrected chi connectivity index (χ3v) is 3.32.